The van der Waals surface area contributed by atoms with Crippen LogP contribution in [0.1, 0.15) is 6.42 Å². The molecule has 1 atom stereocenters. The van der Waals surface area contributed by atoms with Crippen molar-refractivity contribution in [2.75, 3.05) is 0 Å². The van der Waals surface area contributed by atoms with E-state index in [0.29, 0.717) is 16.9 Å². The molecule has 0 amide bonds. The van der Waals surface area contributed by atoms with E-state index < -0.39 is 6.10 Å². The average molecular weight is 165 g/mol. The van der Waals surface area contributed by atoms with Gasteiger partial charge >= 0.3 is 0 Å². The molecule has 0 aromatic rings. The molecular weight excluding hydrogens is 158 g/mol. The van der Waals surface area contributed by atoms with Crippen LogP contribution in [0.15, 0.2) is 23.8 Å². The van der Waals surface area contributed by atoms with Crippen LogP contribution < -0.4 is 0 Å². The summed E-state index contributed by atoms with van der Waals surface area (Å²) in [4.78, 5) is 0.654. The van der Waals surface area contributed by atoms with Crippen molar-refractivity contribution in [2.45, 2.75) is 12.5 Å². The lowest BCUT2D eigenvalue weighted by atomic mass is 10.0. The number of allylic oxidation sites excluding steroid dienone is 3. The van der Waals surface area contributed by atoms with Gasteiger partial charge in [0.2, 0.25) is 0 Å². The van der Waals surface area contributed by atoms with E-state index >= 15 is 0 Å². The van der Waals surface area contributed by atoms with E-state index in [2.05, 4.69) is 0 Å². The molecule has 2 nitrogen and oxygen atoms in total. The Labute approximate surface area is 70.5 Å². The first kappa shape index (κ1) is 8.12. The molecule has 0 bridgehead atoms. The van der Waals surface area contributed by atoms with Gasteiger partial charge < -0.3 is 5.11 Å². The van der Waals surface area contributed by atoms with Crippen molar-refractivity contribution in [2.24, 2.45) is 0 Å². The fraction of sp³-hybridized carbons (Fsp3) is 0.250. The van der Waals surface area contributed by atoms with Crippen molar-refractivity contribution in [1.29, 1.82) is 5.26 Å². The van der Waals surface area contributed by atoms with Gasteiger partial charge in [0.15, 0.2) is 6.10 Å². The van der Waals surface area contributed by atoms with Crippen molar-refractivity contribution < 1.29 is 5.11 Å². The highest BCUT2D eigenvalue weighted by Gasteiger charge is 2.14. The maximum atomic E-state index is 9.10. The van der Waals surface area contributed by atoms with E-state index in [9.17, 15) is 0 Å². The van der Waals surface area contributed by atoms with Crippen LogP contribution in [0.3, 0.4) is 0 Å². The third kappa shape index (κ3) is 1.73. The molecule has 0 fully saturated rings. The highest BCUT2D eigenvalue weighted by Crippen LogP contribution is 2.13. The zero-order chi connectivity index (χ0) is 8.27. The monoisotopic (exact) mass is 165 g/mol. The molecule has 0 saturated carbocycles. The molecule has 0 radical (unpaired) electrons. The van der Waals surface area contributed by atoms with Crippen LogP contribution in [0.4, 0.5) is 0 Å². The molecule has 1 unspecified atom stereocenters. The molecule has 56 valence electrons. The number of hydrogen-bond acceptors (Lipinski definition) is 3. The maximum absolute atomic E-state index is 9.10. The van der Waals surface area contributed by atoms with E-state index in [1.54, 1.807) is 18.2 Å². The Morgan fingerprint density at radius 3 is 3.00 bits per heavy atom. The molecule has 1 rings (SSSR count). The number of nitrogens with zero attached hydrogens (tertiary/aromatic N) is 1. The van der Waals surface area contributed by atoms with Gasteiger partial charge in [-0.2, -0.15) is 5.26 Å². The zero-order valence-corrected chi connectivity index (χ0v) is 6.64. The van der Waals surface area contributed by atoms with E-state index in [1.807, 2.05) is 6.08 Å². The summed E-state index contributed by atoms with van der Waals surface area (Å²) in [5, 5.41) is 17.5. The third-order valence-corrected chi connectivity index (χ3v) is 1.86. The van der Waals surface area contributed by atoms with Gasteiger partial charge in [0.25, 0.3) is 0 Å². The molecule has 1 N–H and O–H groups in total. The van der Waals surface area contributed by atoms with E-state index in [-0.39, 0.29) is 0 Å². The minimum absolute atomic E-state index is 0.560. The predicted octanol–water partition coefficient (Wildman–Crippen LogP) is 1.13. The second kappa shape index (κ2) is 3.42. The van der Waals surface area contributed by atoms with Crippen LogP contribution >= 0.6 is 12.2 Å². The first-order valence-corrected chi connectivity index (χ1v) is 3.64. The highest BCUT2D eigenvalue weighted by molar-refractivity contribution is 7.80. The summed E-state index contributed by atoms with van der Waals surface area (Å²) in [5.41, 5.74) is 0.560. The molecule has 0 saturated heterocycles. The smallest absolute Gasteiger partial charge is 0.166 e. The van der Waals surface area contributed by atoms with Gasteiger partial charge in [-0.1, -0.05) is 30.4 Å². The summed E-state index contributed by atoms with van der Waals surface area (Å²) in [6.07, 6.45) is 4.97. The number of nitriles is 1. The largest absolute Gasteiger partial charge is 0.374 e. The fourth-order valence-corrected chi connectivity index (χ4v) is 1.15. The summed E-state index contributed by atoms with van der Waals surface area (Å²) >= 11 is 4.94. The summed E-state index contributed by atoms with van der Waals surface area (Å²) in [5.74, 6) is 0. The van der Waals surface area contributed by atoms with Crippen molar-refractivity contribution >= 4 is 17.1 Å². The second-order valence-electron chi connectivity index (χ2n) is 2.21. The number of rotatable bonds is 1. The highest BCUT2D eigenvalue weighted by atomic mass is 32.1. The lowest BCUT2D eigenvalue weighted by Crippen LogP contribution is -2.15. The Morgan fingerprint density at radius 1 is 1.73 bits per heavy atom. The lowest BCUT2D eigenvalue weighted by molar-refractivity contribution is 0.272. The van der Waals surface area contributed by atoms with E-state index in [0.717, 1.165) is 0 Å². The summed E-state index contributed by atoms with van der Waals surface area (Å²) in [6, 6.07) is 1.73. The minimum Gasteiger partial charge on any atom is -0.374 e. The van der Waals surface area contributed by atoms with Gasteiger partial charge in [0.1, 0.15) is 0 Å². The lowest BCUT2D eigenvalue weighted by Gasteiger charge is -2.10. The average Bonchev–Trinajstić information content (AvgIpc) is 2.04. The maximum Gasteiger partial charge on any atom is 0.166 e. The van der Waals surface area contributed by atoms with Gasteiger partial charge in [-0.3, -0.25) is 0 Å². The van der Waals surface area contributed by atoms with Crippen LogP contribution in [0.2, 0.25) is 0 Å². The number of hydrogen-bond donors (Lipinski definition) is 1. The van der Waals surface area contributed by atoms with Crippen LogP contribution in [0, 0.1) is 11.3 Å². The van der Waals surface area contributed by atoms with Gasteiger partial charge in [-0.05, 0) is 0 Å². The zero-order valence-electron chi connectivity index (χ0n) is 5.82. The van der Waals surface area contributed by atoms with Crippen LogP contribution in [-0.4, -0.2) is 16.1 Å². The van der Waals surface area contributed by atoms with E-state index in [1.165, 1.54) is 0 Å². The Balaban J connectivity index is 2.86. The molecule has 0 spiro atoms. The normalized spacial score (nSPS) is 18.9. The third-order valence-electron chi connectivity index (χ3n) is 1.45. The SMILES string of the molecule is N#CC(O)C1=CC=CCC1=S. The Hall–Kier alpha value is -0.980. The van der Waals surface area contributed by atoms with Crippen molar-refractivity contribution in [1.82, 2.24) is 0 Å². The predicted molar refractivity (Wildman–Crippen MR) is 46.1 cm³/mol. The van der Waals surface area contributed by atoms with Crippen LogP contribution in [0.25, 0.3) is 0 Å². The Morgan fingerprint density at radius 2 is 2.45 bits per heavy atom. The molecule has 1 aliphatic rings. The first-order valence-electron chi connectivity index (χ1n) is 3.23. The quantitative estimate of drug-likeness (QED) is 0.468. The van der Waals surface area contributed by atoms with Crippen molar-refractivity contribution in [3.8, 4) is 6.07 Å². The summed E-state index contributed by atoms with van der Waals surface area (Å²) < 4.78 is 0. The molecule has 0 aliphatic heterocycles. The second-order valence-corrected chi connectivity index (χ2v) is 2.70. The minimum atomic E-state index is -1.06. The summed E-state index contributed by atoms with van der Waals surface area (Å²) in [6.45, 7) is 0. The first-order chi connectivity index (χ1) is 5.25. The molecular formula is C8H7NOS. The number of aliphatic hydroxyl groups is 1. The van der Waals surface area contributed by atoms with Crippen molar-refractivity contribution in [3.05, 3.63) is 23.8 Å². The molecule has 0 heterocycles. The number of thiocarbonyl (C=S) groups is 1. The molecule has 3 heteroatoms. The molecule has 0 aromatic heterocycles. The molecule has 1 aliphatic carbocycles. The molecule has 11 heavy (non-hydrogen) atoms. The molecule has 0 aromatic carbocycles. The standard InChI is InChI=1S/C8H7NOS/c9-5-7(10)6-3-1-2-4-8(6)11/h1-3,7,10H,4H2. The van der Waals surface area contributed by atoms with Gasteiger partial charge in [-0.25, -0.2) is 0 Å². The summed E-state index contributed by atoms with van der Waals surface area (Å²) in [7, 11) is 0. The number of aliphatic hydroxyl groups excluding tert-OH is 1. The van der Waals surface area contributed by atoms with Gasteiger partial charge in [0, 0.05) is 16.9 Å². The van der Waals surface area contributed by atoms with Gasteiger partial charge in [-0.15, -0.1) is 0 Å². The fourth-order valence-electron chi connectivity index (χ4n) is 0.871. The van der Waals surface area contributed by atoms with E-state index in [4.69, 9.17) is 22.6 Å². The van der Waals surface area contributed by atoms with Crippen LogP contribution in [-0.2, 0) is 0 Å². The van der Waals surface area contributed by atoms with Crippen molar-refractivity contribution in [3.63, 3.8) is 0 Å². The Kier molecular flexibility index (Phi) is 2.53. The topological polar surface area (TPSA) is 44.0 Å². The van der Waals surface area contributed by atoms with Gasteiger partial charge in [0.05, 0.1) is 6.07 Å². The Bertz CT molecular complexity index is 272. The van der Waals surface area contributed by atoms with Crippen LogP contribution in [0.5, 0.6) is 0 Å².